The Balaban J connectivity index is 2.17. The van der Waals surface area contributed by atoms with Gasteiger partial charge in [0.2, 0.25) is 5.91 Å². The summed E-state index contributed by atoms with van der Waals surface area (Å²) in [6, 6.07) is -0.669. The van der Waals surface area contributed by atoms with Crippen molar-refractivity contribution in [3.63, 3.8) is 0 Å². The maximum Gasteiger partial charge on any atom is 0.326 e. The van der Waals surface area contributed by atoms with E-state index in [0.29, 0.717) is 18.7 Å². The zero-order valence-electron chi connectivity index (χ0n) is 10.2. The molecule has 4 nitrogen and oxygen atoms in total. The van der Waals surface area contributed by atoms with Crippen LogP contribution >= 0.6 is 36.2 Å². The smallest absolute Gasteiger partial charge is 0.326 e. The largest absolute Gasteiger partial charge is 0.480 e. The van der Waals surface area contributed by atoms with Gasteiger partial charge in [0.25, 0.3) is 0 Å². The molecule has 0 aromatic carbocycles. The van der Waals surface area contributed by atoms with Crippen LogP contribution in [0.4, 0.5) is 0 Å². The molecule has 0 radical (unpaired) electrons. The van der Waals surface area contributed by atoms with E-state index in [9.17, 15) is 14.7 Å². The van der Waals surface area contributed by atoms with Crippen LogP contribution in [0.25, 0.3) is 0 Å². The number of hydrogen-bond donors (Lipinski definition) is 2. The number of carboxylic acid groups (broad SMARTS) is 1. The fourth-order valence-corrected chi connectivity index (χ4v) is 5.77. The Hall–Kier alpha value is -0.0100. The molecule has 2 aliphatic rings. The van der Waals surface area contributed by atoms with Gasteiger partial charge >= 0.3 is 5.97 Å². The number of thioether (sulfide) groups is 2. The highest BCUT2D eigenvalue weighted by Gasteiger charge is 2.51. The van der Waals surface area contributed by atoms with E-state index in [0.717, 1.165) is 11.5 Å². The lowest BCUT2D eigenvalue weighted by atomic mass is 10.1. The second-order valence-corrected chi connectivity index (χ2v) is 8.30. The summed E-state index contributed by atoms with van der Waals surface area (Å²) in [5.74, 6) is 1.35. The van der Waals surface area contributed by atoms with E-state index in [1.807, 2.05) is 0 Å². The van der Waals surface area contributed by atoms with Gasteiger partial charge in [0.1, 0.15) is 6.04 Å². The predicted molar refractivity (Wildman–Crippen MR) is 78.4 cm³/mol. The molecule has 0 aliphatic carbocycles. The van der Waals surface area contributed by atoms with Crippen LogP contribution in [0.5, 0.6) is 0 Å². The van der Waals surface area contributed by atoms with E-state index in [4.69, 9.17) is 0 Å². The molecular weight excluding hydrogens is 290 g/mol. The minimum absolute atomic E-state index is 0.0811. The molecule has 102 valence electrons. The molecule has 0 saturated carbocycles. The van der Waals surface area contributed by atoms with Crippen LogP contribution in [0.2, 0.25) is 0 Å². The van der Waals surface area contributed by atoms with E-state index in [1.165, 1.54) is 0 Å². The Morgan fingerprint density at radius 1 is 1.50 bits per heavy atom. The molecule has 2 atom stereocenters. The Bertz CT molecular complexity index is 357. The number of thiol groups is 1. The van der Waals surface area contributed by atoms with Crippen molar-refractivity contribution in [2.75, 3.05) is 23.8 Å². The Kier molecular flexibility index (Phi) is 4.44. The number of aliphatic carboxylic acids is 1. The van der Waals surface area contributed by atoms with Gasteiger partial charge in [-0.15, -0.1) is 23.5 Å². The Morgan fingerprint density at radius 3 is 2.61 bits per heavy atom. The first-order chi connectivity index (χ1) is 8.49. The lowest BCUT2D eigenvalue weighted by Gasteiger charge is -2.25. The maximum absolute atomic E-state index is 12.2. The SMILES string of the molecule is C[C@@H](CS)C(=O)N1CC2(C[C@H]1C(=O)O)SCCS2. The molecule has 2 aliphatic heterocycles. The molecule has 18 heavy (non-hydrogen) atoms. The van der Waals surface area contributed by atoms with Crippen LogP contribution in [-0.2, 0) is 9.59 Å². The van der Waals surface area contributed by atoms with Crippen molar-refractivity contribution in [3.05, 3.63) is 0 Å². The molecule has 1 spiro atoms. The lowest BCUT2D eigenvalue weighted by molar-refractivity contribution is -0.149. The number of hydrogen-bond acceptors (Lipinski definition) is 5. The average Bonchev–Trinajstić information content (AvgIpc) is 2.95. The fraction of sp³-hybridized carbons (Fsp3) is 0.818. The van der Waals surface area contributed by atoms with Crippen molar-refractivity contribution in [2.45, 2.75) is 23.5 Å². The third kappa shape index (κ3) is 2.63. The second-order valence-electron chi connectivity index (χ2n) is 4.72. The summed E-state index contributed by atoms with van der Waals surface area (Å²) in [5, 5.41) is 9.30. The minimum Gasteiger partial charge on any atom is -0.480 e. The van der Waals surface area contributed by atoms with Gasteiger partial charge in [-0.2, -0.15) is 12.6 Å². The first-order valence-electron chi connectivity index (χ1n) is 5.91. The van der Waals surface area contributed by atoms with Gasteiger partial charge in [-0.05, 0) is 0 Å². The summed E-state index contributed by atoms with van der Waals surface area (Å²) in [6.07, 6.45) is 0.558. The molecule has 0 bridgehead atoms. The van der Waals surface area contributed by atoms with Crippen molar-refractivity contribution < 1.29 is 14.7 Å². The number of carbonyl (C=O) groups excluding carboxylic acids is 1. The zero-order valence-corrected chi connectivity index (χ0v) is 12.7. The molecule has 0 aromatic heterocycles. The van der Waals surface area contributed by atoms with Gasteiger partial charge in [-0.3, -0.25) is 4.79 Å². The van der Waals surface area contributed by atoms with E-state index >= 15 is 0 Å². The average molecular weight is 307 g/mol. The van der Waals surface area contributed by atoms with Gasteiger partial charge in [-0.1, -0.05) is 6.92 Å². The summed E-state index contributed by atoms with van der Waals surface area (Å²) >= 11 is 7.73. The fourth-order valence-electron chi connectivity index (χ4n) is 2.36. The van der Waals surface area contributed by atoms with Gasteiger partial charge in [0, 0.05) is 36.1 Å². The number of likely N-dealkylation sites (tertiary alicyclic amines) is 1. The zero-order chi connectivity index (χ0) is 13.3. The van der Waals surface area contributed by atoms with Crippen molar-refractivity contribution in [1.29, 1.82) is 0 Å². The highest BCUT2D eigenvalue weighted by atomic mass is 32.2. The third-order valence-corrected chi connectivity index (χ3v) is 7.34. The van der Waals surface area contributed by atoms with Gasteiger partial charge in [0.05, 0.1) is 4.08 Å². The number of nitrogens with zero attached hydrogens (tertiary/aromatic N) is 1. The van der Waals surface area contributed by atoms with E-state index in [1.54, 1.807) is 35.3 Å². The van der Waals surface area contributed by atoms with Crippen molar-refractivity contribution in [2.24, 2.45) is 5.92 Å². The van der Waals surface area contributed by atoms with Crippen molar-refractivity contribution in [3.8, 4) is 0 Å². The normalized spacial score (nSPS) is 27.7. The first-order valence-corrected chi connectivity index (χ1v) is 8.51. The number of carbonyl (C=O) groups is 2. The van der Waals surface area contributed by atoms with Gasteiger partial charge < -0.3 is 10.0 Å². The molecule has 1 N–H and O–H groups in total. The molecular formula is C11H17NO3S3. The summed E-state index contributed by atoms with van der Waals surface area (Å²) in [5.41, 5.74) is 0. The Labute approximate surface area is 121 Å². The molecule has 2 fully saturated rings. The van der Waals surface area contributed by atoms with E-state index in [2.05, 4.69) is 12.6 Å². The molecule has 2 rings (SSSR count). The molecule has 2 heterocycles. The van der Waals surface area contributed by atoms with Gasteiger partial charge in [0.15, 0.2) is 0 Å². The predicted octanol–water partition coefficient (Wildman–Crippen LogP) is 1.41. The third-order valence-electron chi connectivity index (χ3n) is 3.37. The molecule has 1 amide bonds. The molecule has 7 heteroatoms. The van der Waals surface area contributed by atoms with Crippen LogP contribution in [0.1, 0.15) is 13.3 Å². The van der Waals surface area contributed by atoms with Crippen LogP contribution in [-0.4, -0.2) is 55.8 Å². The topological polar surface area (TPSA) is 57.6 Å². The summed E-state index contributed by atoms with van der Waals surface area (Å²) in [6.45, 7) is 2.35. The van der Waals surface area contributed by atoms with Crippen LogP contribution in [0, 0.1) is 5.92 Å². The lowest BCUT2D eigenvalue weighted by Crippen LogP contribution is -2.43. The molecule has 0 unspecified atom stereocenters. The highest BCUT2D eigenvalue weighted by molar-refractivity contribution is 8.21. The first kappa shape index (κ1) is 14.4. The van der Waals surface area contributed by atoms with Crippen molar-refractivity contribution in [1.82, 2.24) is 4.90 Å². The van der Waals surface area contributed by atoms with Crippen LogP contribution in [0.15, 0.2) is 0 Å². The molecule has 2 saturated heterocycles. The minimum atomic E-state index is -0.889. The summed E-state index contributed by atoms with van der Waals surface area (Å²) in [4.78, 5) is 25.1. The monoisotopic (exact) mass is 307 g/mol. The van der Waals surface area contributed by atoms with Gasteiger partial charge in [-0.25, -0.2) is 4.79 Å². The highest BCUT2D eigenvalue weighted by Crippen LogP contribution is 2.51. The van der Waals surface area contributed by atoms with E-state index in [-0.39, 0.29) is 15.9 Å². The standard InChI is InChI=1S/C11H17NO3S3/c1-7(5-16)9(13)12-6-11(17-2-3-18-11)4-8(12)10(14)15/h7-8,16H,2-6H2,1H3,(H,14,15)/t7-,8-/m0/s1. The Morgan fingerprint density at radius 2 is 2.11 bits per heavy atom. The number of amides is 1. The second kappa shape index (κ2) is 5.54. The summed E-state index contributed by atoms with van der Waals surface area (Å²) in [7, 11) is 0. The molecule has 0 aromatic rings. The van der Waals surface area contributed by atoms with E-state index < -0.39 is 12.0 Å². The maximum atomic E-state index is 12.2. The van der Waals surface area contributed by atoms with Crippen molar-refractivity contribution >= 4 is 48.0 Å². The quantitative estimate of drug-likeness (QED) is 0.772. The number of carboxylic acids is 1. The summed E-state index contributed by atoms with van der Waals surface area (Å²) < 4.78 is -0.0883. The number of rotatable bonds is 3. The van der Waals surface area contributed by atoms with Crippen LogP contribution in [0.3, 0.4) is 0 Å². The van der Waals surface area contributed by atoms with Crippen LogP contribution < -0.4 is 0 Å².